The zero-order valence-electron chi connectivity index (χ0n) is 7.40. The normalized spacial score (nSPS) is 12.4. The largest absolute Gasteiger partial charge is 0.508 e. The van der Waals surface area contributed by atoms with Crippen LogP contribution in [0.2, 0.25) is 0 Å². The Morgan fingerprint density at radius 2 is 2.23 bits per heavy atom. The highest BCUT2D eigenvalue weighted by Gasteiger charge is 2.09. The molecule has 0 saturated carbocycles. The molecule has 0 aliphatic rings. The molecular weight excluding hydrogens is 168 g/mol. The fraction of sp³-hybridized carbons (Fsp3) is 0.300. The van der Waals surface area contributed by atoms with Gasteiger partial charge < -0.3 is 10.2 Å². The average Bonchev–Trinajstić information content (AvgIpc) is 2.03. The molecule has 0 radical (unpaired) electrons. The predicted octanol–water partition coefficient (Wildman–Crippen LogP) is 1.97. The minimum absolute atomic E-state index is 0.0652. The maximum absolute atomic E-state index is 10.4. The van der Waals surface area contributed by atoms with Gasteiger partial charge in [0.25, 0.3) is 0 Å². The fourth-order valence-electron chi connectivity index (χ4n) is 1.21. The number of rotatable bonds is 3. The van der Waals surface area contributed by atoms with Gasteiger partial charge in [-0.15, -0.1) is 0 Å². The Balaban J connectivity index is 2.76. The Hall–Kier alpha value is -1.51. The lowest BCUT2D eigenvalue weighted by atomic mass is 9.98. The summed E-state index contributed by atoms with van der Waals surface area (Å²) in [6.07, 6.45) is 0.0868. The molecule has 0 bridgehead atoms. The highest BCUT2D eigenvalue weighted by molar-refractivity contribution is 5.68. The predicted molar refractivity (Wildman–Crippen MR) is 48.8 cm³/mol. The van der Waals surface area contributed by atoms with E-state index in [2.05, 4.69) is 0 Å². The second-order valence-electron chi connectivity index (χ2n) is 3.09. The van der Waals surface area contributed by atoms with Crippen LogP contribution >= 0.6 is 0 Å². The van der Waals surface area contributed by atoms with Crippen LogP contribution in [0.5, 0.6) is 5.75 Å². The first-order valence-corrected chi connectivity index (χ1v) is 4.10. The molecule has 0 aliphatic carbocycles. The molecule has 0 spiro atoms. The van der Waals surface area contributed by atoms with Crippen molar-refractivity contribution in [1.82, 2.24) is 0 Å². The van der Waals surface area contributed by atoms with Crippen LogP contribution in [0.25, 0.3) is 0 Å². The average molecular weight is 180 g/mol. The third kappa shape index (κ3) is 2.78. The minimum Gasteiger partial charge on any atom is -0.508 e. The molecule has 2 N–H and O–H groups in total. The lowest BCUT2D eigenvalue weighted by Gasteiger charge is -2.08. The first kappa shape index (κ1) is 9.58. The Kier molecular flexibility index (Phi) is 2.90. The van der Waals surface area contributed by atoms with Crippen LogP contribution in [0.1, 0.15) is 24.8 Å². The third-order valence-electron chi connectivity index (χ3n) is 1.92. The fourth-order valence-corrected chi connectivity index (χ4v) is 1.21. The summed E-state index contributed by atoms with van der Waals surface area (Å²) >= 11 is 0. The summed E-state index contributed by atoms with van der Waals surface area (Å²) in [5, 5.41) is 17.7. The van der Waals surface area contributed by atoms with Crippen molar-refractivity contribution in [2.24, 2.45) is 0 Å². The third-order valence-corrected chi connectivity index (χ3v) is 1.92. The van der Waals surface area contributed by atoms with E-state index in [1.165, 1.54) is 0 Å². The number of aliphatic carboxylic acids is 1. The molecule has 0 unspecified atom stereocenters. The van der Waals surface area contributed by atoms with Crippen LogP contribution in [0.4, 0.5) is 0 Å². The van der Waals surface area contributed by atoms with Gasteiger partial charge in [0.15, 0.2) is 0 Å². The standard InChI is InChI=1S/C10H12O3/c1-7(5-10(12)13)8-3-2-4-9(11)6-8/h2-4,6-7,11H,5H2,1H3,(H,12,13)/t7-/m0/s1. The molecule has 1 rings (SSSR count). The van der Waals surface area contributed by atoms with Crippen molar-refractivity contribution in [2.45, 2.75) is 19.3 Å². The molecule has 3 nitrogen and oxygen atoms in total. The Morgan fingerprint density at radius 1 is 1.54 bits per heavy atom. The molecule has 0 aromatic heterocycles. The first-order valence-electron chi connectivity index (χ1n) is 4.10. The van der Waals surface area contributed by atoms with E-state index in [4.69, 9.17) is 10.2 Å². The minimum atomic E-state index is -0.823. The van der Waals surface area contributed by atoms with Gasteiger partial charge >= 0.3 is 5.97 Å². The zero-order chi connectivity index (χ0) is 9.84. The summed E-state index contributed by atoms with van der Waals surface area (Å²) in [6.45, 7) is 1.82. The topological polar surface area (TPSA) is 57.5 Å². The Morgan fingerprint density at radius 3 is 2.77 bits per heavy atom. The summed E-state index contributed by atoms with van der Waals surface area (Å²) in [5.74, 6) is -0.713. The van der Waals surface area contributed by atoms with Gasteiger partial charge in [-0.1, -0.05) is 19.1 Å². The maximum atomic E-state index is 10.4. The molecule has 0 fully saturated rings. The van der Waals surface area contributed by atoms with Crippen LogP contribution in [0, 0.1) is 0 Å². The van der Waals surface area contributed by atoms with E-state index in [0.717, 1.165) is 5.56 Å². The van der Waals surface area contributed by atoms with Crippen molar-refractivity contribution < 1.29 is 15.0 Å². The van der Waals surface area contributed by atoms with Crippen molar-refractivity contribution in [3.8, 4) is 5.75 Å². The lowest BCUT2D eigenvalue weighted by molar-refractivity contribution is -0.137. The number of aromatic hydroxyl groups is 1. The number of benzene rings is 1. The van der Waals surface area contributed by atoms with E-state index in [9.17, 15) is 4.79 Å². The van der Waals surface area contributed by atoms with Crippen LogP contribution in [-0.4, -0.2) is 16.2 Å². The van der Waals surface area contributed by atoms with Crippen molar-refractivity contribution in [2.75, 3.05) is 0 Å². The van der Waals surface area contributed by atoms with Gasteiger partial charge in [-0.3, -0.25) is 4.79 Å². The number of phenolic OH excluding ortho intramolecular Hbond substituents is 1. The molecular formula is C10H12O3. The highest BCUT2D eigenvalue weighted by atomic mass is 16.4. The Bertz CT molecular complexity index is 307. The van der Waals surface area contributed by atoms with E-state index >= 15 is 0 Å². The monoisotopic (exact) mass is 180 g/mol. The molecule has 1 aromatic carbocycles. The van der Waals surface area contributed by atoms with Crippen molar-refractivity contribution in [3.63, 3.8) is 0 Å². The second-order valence-corrected chi connectivity index (χ2v) is 3.09. The molecule has 0 aliphatic heterocycles. The number of hydrogen-bond donors (Lipinski definition) is 2. The van der Waals surface area contributed by atoms with Crippen LogP contribution in [-0.2, 0) is 4.79 Å². The van der Waals surface area contributed by atoms with Gasteiger partial charge in [-0.05, 0) is 23.6 Å². The smallest absolute Gasteiger partial charge is 0.303 e. The van der Waals surface area contributed by atoms with Crippen LogP contribution < -0.4 is 0 Å². The number of carbonyl (C=O) groups is 1. The molecule has 70 valence electrons. The zero-order valence-corrected chi connectivity index (χ0v) is 7.40. The number of phenols is 1. The van der Waals surface area contributed by atoms with Gasteiger partial charge in [0, 0.05) is 0 Å². The van der Waals surface area contributed by atoms with E-state index in [0.29, 0.717) is 0 Å². The van der Waals surface area contributed by atoms with Gasteiger partial charge in [-0.2, -0.15) is 0 Å². The lowest BCUT2D eigenvalue weighted by Crippen LogP contribution is -2.02. The van der Waals surface area contributed by atoms with Gasteiger partial charge in [0.2, 0.25) is 0 Å². The highest BCUT2D eigenvalue weighted by Crippen LogP contribution is 2.22. The molecule has 1 atom stereocenters. The van der Waals surface area contributed by atoms with Crippen molar-refractivity contribution in [3.05, 3.63) is 29.8 Å². The van der Waals surface area contributed by atoms with Crippen LogP contribution in [0.15, 0.2) is 24.3 Å². The molecule has 1 aromatic rings. The molecule has 0 heterocycles. The summed E-state index contributed by atoms with van der Waals surface area (Å²) in [5.41, 5.74) is 0.849. The molecule has 13 heavy (non-hydrogen) atoms. The van der Waals surface area contributed by atoms with Gasteiger partial charge in [-0.25, -0.2) is 0 Å². The summed E-state index contributed by atoms with van der Waals surface area (Å²) < 4.78 is 0. The van der Waals surface area contributed by atoms with E-state index in [1.807, 2.05) is 13.0 Å². The number of carboxylic acids is 1. The van der Waals surface area contributed by atoms with E-state index in [1.54, 1.807) is 18.2 Å². The Labute approximate surface area is 76.6 Å². The summed E-state index contributed by atoms with van der Waals surface area (Å²) in [4.78, 5) is 10.4. The van der Waals surface area contributed by atoms with Crippen molar-refractivity contribution in [1.29, 1.82) is 0 Å². The van der Waals surface area contributed by atoms with Gasteiger partial charge in [0.1, 0.15) is 5.75 Å². The number of hydrogen-bond acceptors (Lipinski definition) is 2. The summed E-state index contributed by atoms with van der Waals surface area (Å²) in [6, 6.07) is 6.68. The quantitative estimate of drug-likeness (QED) is 0.747. The SMILES string of the molecule is C[C@@H](CC(=O)O)c1cccc(O)c1. The van der Waals surface area contributed by atoms with Crippen molar-refractivity contribution >= 4 is 5.97 Å². The molecule has 0 amide bonds. The van der Waals surface area contributed by atoms with E-state index in [-0.39, 0.29) is 18.1 Å². The molecule has 0 saturated heterocycles. The van der Waals surface area contributed by atoms with Crippen LogP contribution in [0.3, 0.4) is 0 Å². The number of carboxylic acid groups (broad SMARTS) is 1. The second kappa shape index (κ2) is 3.94. The van der Waals surface area contributed by atoms with E-state index < -0.39 is 5.97 Å². The maximum Gasteiger partial charge on any atom is 0.303 e. The molecule has 3 heteroatoms. The first-order chi connectivity index (χ1) is 6.09. The van der Waals surface area contributed by atoms with Gasteiger partial charge in [0.05, 0.1) is 6.42 Å². The summed E-state index contributed by atoms with van der Waals surface area (Å²) in [7, 11) is 0.